The largest absolute Gasteiger partial charge is 0.493 e. The predicted molar refractivity (Wildman–Crippen MR) is 109 cm³/mol. The second-order valence-electron chi connectivity index (χ2n) is 6.09. The molecule has 0 unspecified atom stereocenters. The molecule has 0 atom stereocenters. The third-order valence-corrected chi connectivity index (χ3v) is 4.03. The minimum atomic E-state index is -0.546. The van der Waals surface area contributed by atoms with E-state index in [9.17, 15) is 9.59 Å². The molecule has 0 saturated heterocycles. The van der Waals surface area contributed by atoms with Gasteiger partial charge in [-0.2, -0.15) is 0 Å². The van der Waals surface area contributed by atoms with Gasteiger partial charge in [0.15, 0.2) is 11.5 Å². The maximum atomic E-state index is 12.2. The molecule has 0 spiro atoms. The summed E-state index contributed by atoms with van der Waals surface area (Å²) in [4.78, 5) is 26.1. The number of anilines is 1. The summed E-state index contributed by atoms with van der Waals surface area (Å²) in [5.41, 5.74) is 1.62. The first-order valence-electron chi connectivity index (χ1n) is 9.23. The zero-order valence-corrected chi connectivity index (χ0v) is 16.5. The van der Waals surface area contributed by atoms with Gasteiger partial charge in [0.2, 0.25) is 5.91 Å². The van der Waals surface area contributed by atoms with Gasteiger partial charge in [0.25, 0.3) is 0 Å². The van der Waals surface area contributed by atoms with E-state index in [4.69, 9.17) is 9.47 Å². The van der Waals surface area contributed by atoms with Gasteiger partial charge in [-0.3, -0.25) is 15.0 Å². The fourth-order valence-corrected chi connectivity index (χ4v) is 2.68. The highest BCUT2D eigenvalue weighted by molar-refractivity contribution is 6.01. The lowest BCUT2D eigenvalue weighted by Crippen LogP contribution is -2.41. The van der Waals surface area contributed by atoms with Crippen molar-refractivity contribution in [2.24, 2.45) is 0 Å². The summed E-state index contributed by atoms with van der Waals surface area (Å²) in [7, 11) is 1.60. The lowest BCUT2D eigenvalue weighted by Gasteiger charge is -2.20. The average Bonchev–Trinajstić information content (AvgIpc) is 2.69. The van der Waals surface area contributed by atoms with Crippen LogP contribution in [0.2, 0.25) is 0 Å². The van der Waals surface area contributed by atoms with Crippen LogP contribution in [0.3, 0.4) is 0 Å². The molecule has 0 aromatic heterocycles. The molecule has 0 heterocycles. The van der Waals surface area contributed by atoms with Crippen LogP contribution < -0.4 is 20.1 Å². The third kappa shape index (κ3) is 6.59. The second-order valence-corrected chi connectivity index (χ2v) is 6.09. The standard InChI is InChI=1S/C21H27N3O4/c1-4-24(14-16-11-12-18(28-5-2)19(13-16)27-3)15-20(25)23-21(26)22-17-9-7-6-8-10-17/h6-13H,4-5,14-15H2,1-3H3,(H2,22,23,25,26). The molecule has 0 aliphatic carbocycles. The predicted octanol–water partition coefficient (Wildman–Crippen LogP) is 3.26. The molecule has 2 rings (SSSR count). The van der Waals surface area contributed by atoms with Crippen molar-refractivity contribution >= 4 is 17.6 Å². The molecule has 0 aliphatic rings. The van der Waals surface area contributed by atoms with Crippen LogP contribution in [0.15, 0.2) is 48.5 Å². The Morgan fingerprint density at radius 3 is 2.43 bits per heavy atom. The number of rotatable bonds is 9. The number of imide groups is 1. The van der Waals surface area contributed by atoms with E-state index in [1.54, 1.807) is 31.4 Å². The van der Waals surface area contributed by atoms with E-state index in [1.807, 2.05) is 43.0 Å². The van der Waals surface area contributed by atoms with Gasteiger partial charge in [0.1, 0.15) is 0 Å². The Kier molecular flexibility index (Phi) is 8.30. The normalized spacial score (nSPS) is 10.4. The SMILES string of the molecule is CCOc1ccc(CN(CC)CC(=O)NC(=O)Nc2ccccc2)cc1OC. The number of carbonyl (C=O) groups is 2. The minimum absolute atomic E-state index is 0.105. The molecule has 0 aliphatic heterocycles. The van der Waals surface area contributed by atoms with Crippen LogP contribution in [0.1, 0.15) is 19.4 Å². The summed E-state index contributed by atoms with van der Waals surface area (Å²) >= 11 is 0. The number of methoxy groups -OCH3 is 1. The third-order valence-electron chi connectivity index (χ3n) is 4.03. The summed E-state index contributed by atoms with van der Waals surface area (Å²) in [6.07, 6.45) is 0. The molecule has 2 aromatic carbocycles. The summed E-state index contributed by atoms with van der Waals surface area (Å²) in [6, 6.07) is 14.1. The molecule has 7 heteroatoms. The zero-order chi connectivity index (χ0) is 20.4. The average molecular weight is 385 g/mol. The van der Waals surface area contributed by atoms with E-state index in [1.165, 1.54) is 0 Å². The Hall–Kier alpha value is -3.06. The molecular weight excluding hydrogens is 358 g/mol. The number of hydrogen-bond donors (Lipinski definition) is 2. The van der Waals surface area contributed by atoms with Gasteiger partial charge in [0, 0.05) is 12.2 Å². The van der Waals surface area contributed by atoms with Gasteiger partial charge in [-0.1, -0.05) is 31.2 Å². The van der Waals surface area contributed by atoms with E-state index in [0.29, 0.717) is 36.9 Å². The topological polar surface area (TPSA) is 79.9 Å². The van der Waals surface area contributed by atoms with Crippen molar-refractivity contribution < 1.29 is 19.1 Å². The van der Waals surface area contributed by atoms with E-state index < -0.39 is 6.03 Å². The van der Waals surface area contributed by atoms with Gasteiger partial charge in [0.05, 0.1) is 20.3 Å². The Balaban J connectivity index is 1.90. The first-order chi connectivity index (χ1) is 13.5. The van der Waals surface area contributed by atoms with Crippen LogP contribution in [-0.4, -0.2) is 43.6 Å². The molecule has 0 bridgehead atoms. The van der Waals surface area contributed by atoms with Gasteiger partial charge in [-0.05, 0) is 43.3 Å². The number of nitrogens with zero attached hydrogens (tertiary/aromatic N) is 1. The molecule has 3 amide bonds. The first-order valence-corrected chi connectivity index (χ1v) is 9.23. The van der Waals surface area contributed by atoms with Crippen LogP contribution in [0, 0.1) is 0 Å². The molecule has 0 fully saturated rings. The quantitative estimate of drug-likeness (QED) is 0.693. The summed E-state index contributed by atoms with van der Waals surface area (Å²) in [6.45, 7) is 5.74. The van der Waals surface area contributed by atoms with Gasteiger partial charge in [-0.25, -0.2) is 4.79 Å². The fraction of sp³-hybridized carbons (Fsp3) is 0.333. The van der Waals surface area contributed by atoms with Gasteiger partial charge < -0.3 is 14.8 Å². The van der Waals surface area contributed by atoms with Crippen LogP contribution in [-0.2, 0) is 11.3 Å². The smallest absolute Gasteiger partial charge is 0.325 e. The van der Waals surface area contributed by atoms with Crippen molar-refractivity contribution in [3.8, 4) is 11.5 Å². The van der Waals surface area contributed by atoms with E-state index in [0.717, 1.165) is 5.56 Å². The number of carbonyl (C=O) groups excluding carboxylic acids is 2. The number of hydrogen-bond acceptors (Lipinski definition) is 5. The van der Waals surface area contributed by atoms with E-state index >= 15 is 0 Å². The van der Waals surface area contributed by atoms with E-state index in [-0.39, 0.29) is 12.5 Å². The zero-order valence-electron chi connectivity index (χ0n) is 16.5. The van der Waals surface area contributed by atoms with Crippen LogP contribution in [0.4, 0.5) is 10.5 Å². The summed E-state index contributed by atoms with van der Waals surface area (Å²) < 4.78 is 10.9. The maximum Gasteiger partial charge on any atom is 0.325 e. The van der Waals surface area contributed by atoms with Gasteiger partial charge in [-0.15, -0.1) is 0 Å². The van der Waals surface area contributed by atoms with Crippen molar-refractivity contribution in [3.63, 3.8) is 0 Å². The Morgan fingerprint density at radius 2 is 1.79 bits per heavy atom. The fourth-order valence-electron chi connectivity index (χ4n) is 2.68. The highest BCUT2D eigenvalue weighted by Gasteiger charge is 2.14. The minimum Gasteiger partial charge on any atom is -0.493 e. The molecule has 150 valence electrons. The van der Waals surface area contributed by atoms with Crippen molar-refractivity contribution in [2.75, 3.05) is 32.1 Å². The number of nitrogens with one attached hydrogen (secondary N) is 2. The molecule has 2 N–H and O–H groups in total. The van der Waals surface area contributed by atoms with Crippen LogP contribution in [0.25, 0.3) is 0 Å². The monoisotopic (exact) mass is 385 g/mol. The summed E-state index contributed by atoms with van der Waals surface area (Å²) in [5, 5.41) is 4.98. The van der Waals surface area contributed by atoms with Crippen LogP contribution >= 0.6 is 0 Å². The highest BCUT2D eigenvalue weighted by Crippen LogP contribution is 2.28. The molecule has 0 saturated carbocycles. The van der Waals surface area contributed by atoms with E-state index in [2.05, 4.69) is 10.6 Å². The number of likely N-dealkylation sites (N-methyl/N-ethyl adjacent to an activating group) is 1. The Morgan fingerprint density at radius 1 is 1.04 bits per heavy atom. The second kappa shape index (κ2) is 10.9. The number of para-hydroxylation sites is 1. The van der Waals surface area contributed by atoms with Crippen molar-refractivity contribution in [1.82, 2.24) is 10.2 Å². The molecule has 2 aromatic rings. The maximum absolute atomic E-state index is 12.2. The van der Waals surface area contributed by atoms with Crippen molar-refractivity contribution in [2.45, 2.75) is 20.4 Å². The van der Waals surface area contributed by atoms with Gasteiger partial charge >= 0.3 is 6.03 Å². The number of benzene rings is 2. The Bertz CT molecular complexity index is 780. The van der Waals surface area contributed by atoms with Crippen molar-refractivity contribution in [3.05, 3.63) is 54.1 Å². The lowest BCUT2D eigenvalue weighted by atomic mass is 10.2. The highest BCUT2D eigenvalue weighted by atomic mass is 16.5. The number of urea groups is 1. The number of amides is 3. The lowest BCUT2D eigenvalue weighted by molar-refractivity contribution is -0.121. The molecule has 0 radical (unpaired) electrons. The molecule has 7 nitrogen and oxygen atoms in total. The van der Waals surface area contributed by atoms with Crippen LogP contribution in [0.5, 0.6) is 11.5 Å². The number of ether oxygens (including phenoxy) is 2. The first kappa shape index (κ1) is 21.2. The molecular formula is C21H27N3O4. The Labute approximate surface area is 165 Å². The molecule has 28 heavy (non-hydrogen) atoms. The summed E-state index contributed by atoms with van der Waals surface area (Å²) in [5.74, 6) is 0.974. The van der Waals surface area contributed by atoms with Crippen molar-refractivity contribution in [1.29, 1.82) is 0 Å².